The number of aryl methyl sites for hydroxylation is 1. The SMILES string of the molecule is Cn1nc(-c2ccc(C(=O)NC3(CO)CC3)cc2)nc1Nc1ccc2[nH]ncc2c1C1CC1. The average molecular weight is 444 g/mol. The molecule has 2 saturated carbocycles. The van der Waals surface area contributed by atoms with Crippen molar-refractivity contribution >= 4 is 28.4 Å². The van der Waals surface area contributed by atoms with E-state index in [1.807, 2.05) is 31.4 Å². The van der Waals surface area contributed by atoms with E-state index in [0.29, 0.717) is 23.3 Å². The van der Waals surface area contributed by atoms with Crippen molar-refractivity contribution in [2.45, 2.75) is 37.1 Å². The van der Waals surface area contributed by atoms with Gasteiger partial charge in [0, 0.05) is 29.2 Å². The number of rotatable bonds is 7. The molecule has 0 spiro atoms. The van der Waals surface area contributed by atoms with E-state index in [-0.39, 0.29) is 12.5 Å². The summed E-state index contributed by atoms with van der Waals surface area (Å²) in [5.74, 6) is 1.60. The lowest BCUT2D eigenvalue weighted by Crippen LogP contribution is -2.39. The first-order chi connectivity index (χ1) is 16.0. The fraction of sp³-hybridized carbons (Fsp3) is 0.333. The molecular weight excluding hydrogens is 418 g/mol. The van der Waals surface area contributed by atoms with E-state index in [1.54, 1.807) is 16.8 Å². The number of hydrogen-bond acceptors (Lipinski definition) is 6. The number of nitrogens with zero attached hydrogens (tertiary/aromatic N) is 4. The molecule has 168 valence electrons. The summed E-state index contributed by atoms with van der Waals surface area (Å²) >= 11 is 0. The second kappa shape index (κ2) is 7.41. The third-order valence-electron chi connectivity index (χ3n) is 6.60. The molecule has 0 radical (unpaired) electrons. The Morgan fingerprint density at radius 2 is 2.00 bits per heavy atom. The largest absolute Gasteiger partial charge is 0.394 e. The molecule has 2 aliphatic carbocycles. The molecule has 2 fully saturated rings. The molecule has 6 rings (SSSR count). The Morgan fingerprint density at radius 1 is 1.21 bits per heavy atom. The van der Waals surface area contributed by atoms with E-state index >= 15 is 0 Å². The molecule has 0 bridgehead atoms. The normalized spacial score (nSPS) is 16.7. The van der Waals surface area contributed by atoms with Crippen LogP contribution >= 0.6 is 0 Å². The van der Waals surface area contributed by atoms with Crippen LogP contribution < -0.4 is 10.6 Å². The molecule has 9 nitrogen and oxygen atoms in total. The fourth-order valence-corrected chi connectivity index (χ4v) is 4.25. The van der Waals surface area contributed by atoms with Crippen molar-refractivity contribution < 1.29 is 9.90 Å². The summed E-state index contributed by atoms with van der Waals surface area (Å²) < 4.78 is 1.73. The third kappa shape index (κ3) is 3.64. The molecule has 0 aliphatic heterocycles. The molecule has 33 heavy (non-hydrogen) atoms. The number of amides is 1. The van der Waals surface area contributed by atoms with Gasteiger partial charge in [0.25, 0.3) is 5.91 Å². The minimum absolute atomic E-state index is 0.0273. The molecule has 0 unspecified atom stereocenters. The summed E-state index contributed by atoms with van der Waals surface area (Å²) in [6.07, 6.45) is 5.89. The summed E-state index contributed by atoms with van der Waals surface area (Å²) in [5.41, 5.74) is 4.28. The van der Waals surface area contributed by atoms with Crippen LogP contribution in [0, 0.1) is 0 Å². The molecule has 0 saturated heterocycles. The van der Waals surface area contributed by atoms with Gasteiger partial charge in [-0.05, 0) is 61.4 Å². The molecule has 9 heteroatoms. The smallest absolute Gasteiger partial charge is 0.251 e. The second-order valence-corrected chi connectivity index (χ2v) is 9.11. The molecule has 4 N–H and O–H groups in total. The number of nitrogens with one attached hydrogen (secondary N) is 3. The van der Waals surface area contributed by atoms with Crippen molar-refractivity contribution in [2.75, 3.05) is 11.9 Å². The van der Waals surface area contributed by atoms with Crippen LogP contribution in [0.25, 0.3) is 22.3 Å². The summed E-state index contributed by atoms with van der Waals surface area (Å²) in [7, 11) is 1.86. The van der Waals surface area contributed by atoms with Gasteiger partial charge in [-0.15, -0.1) is 5.10 Å². The number of carbonyl (C=O) groups is 1. The van der Waals surface area contributed by atoms with Gasteiger partial charge >= 0.3 is 0 Å². The van der Waals surface area contributed by atoms with Crippen LogP contribution in [-0.4, -0.2) is 48.1 Å². The first kappa shape index (κ1) is 19.9. The van der Waals surface area contributed by atoms with Crippen molar-refractivity contribution in [2.24, 2.45) is 7.05 Å². The minimum Gasteiger partial charge on any atom is -0.394 e. The number of aromatic amines is 1. The summed E-state index contributed by atoms with van der Waals surface area (Å²) in [5, 5.41) is 28.8. The Labute approximate surface area is 190 Å². The van der Waals surface area contributed by atoms with E-state index in [2.05, 4.69) is 32.0 Å². The van der Waals surface area contributed by atoms with E-state index in [9.17, 15) is 9.90 Å². The molecule has 4 aromatic rings. The second-order valence-electron chi connectivity index (χ2n) is 9.11. The highest BCUT2D eigenvalue weighted by Gasteiger charge is 2.43. The van der Waals surface area contributed by atoms with Crippen LogP contribution in [0.3, 0.4) is 0 Å². The number of H-pyrrole nitrogens is 1. The van der Waals surface area contributed by atoms with Gasteiger partial charge in [-0.25, -0.2) is 4.68 Å². The highest BCUT2D eigenvalue weighted by atomic mass is 16.3. The van der Waals surface area contributed by atoms with Crippen LogP contribution in [0.5, 0.6) is 0 Å². The van der Waals surface area contributed by atoms with Crippen LogP contribution in [0.4, 0.5) is 11.6 Å². The van der Waals surface area contributed by atoms with Gasteiger partial charge < -0.3 is 15.7 Å². The Balaban J connectivity index is 1.24. The van der Waals surface area contributed by atoms with E-state index in [1.165, 1.54) is 18.4 Å². The standard InChI is InChI=1S/C24H25N7O2/c1-31-23(26-19-9-8-18-17(12-25-29-18)20(19)14-2-3-14)27-21(30-31)15-4-6-16(7-5-15)22(33)28-24(13-32)10-11-24/h4-9,12,14,32H,2-3,10-11,13H2,1H3,(H,25,29)(H,28,33)(H,26,27,30). The summed E-state index contributed by atoms with van der Waals surface area (Å²) in [6, 6.07) is 11.3. The van der Waals surface area contributed by atoms with E-state index < -0.39 is 5.54 Å². The van der Waals surface area contributed by atoms with Crippen LogP contribution in [0.15, 0.2) is 42.6 Å². The highest BCUT2D eigenvalue weighted by Crippen LogP contribution is 2.47. The number of hydrogen-bond donors (Lipinski definition) is 4. The van der Waals surface area contributed by atoms with Crippen molar-refractivity contribution in [1.82, 2.24) is 30.3 Å². The summed E-state index contributed by atoms with van der Waals surface area (Å²) in [4.78, 5) is 17.2. The lowest BCUT2D eigenvalue weighted by atomic mass is 10.0. The van der Waals surface area contributed by atoms with Gasteiger partial charge in [-0.3, -0.25) is 9.89 Å². The zero-order chi connectivity index (χ0) is 22.6. The number of aliphatic hydroxyl groups excluding tert-OH is 1. The van der Waals surface area contributed by atoms with Gasteiger partial charge in [0.05, 0.1) is 23.9 Å². The monoisotopic (exact) mass is 443 g/mol. The quantitative estimate of drug-likeness (QED) is 0.348. The van der Waals surface area contributed by atoms with E-state index in [4.69, 9.17) is 4.98 Å². The first-order valence-corrected chi connectivity index (χ1v) is 11.2. The molecule has 2 aliphatic rings. The lowest BCUT2D eigenvalue weighted by molar-refractivity contribution is 0.0907. The maximum atomic E-state index is 12.5. The maximum absolute atomic E-state index is 12.5. The Kier molecular flexibility index (Phi) is 4.48. The van der Waals surface area contributed by atoms with Gasteiger partial charge in [-0.1, -0.05) is 12.1 Å². The molecule has 2 aromatic heterocycles. The van der Waals surface area contributed by atoms with Gasteiger partial charge in [0.1, 0.15) is 0 Å². The van der Waals surface area contributed by atoms with Crippen molar-refractivity contribution in [3.05, 3.63) is 53.7 Å². The predicted octanol–water partition coefficient (Wildman–Crippen LogP) is 3.23. The number of carbonyl (C=O) groups excluding carboxylic acids is 1. The van der Waals surface area contributed by atoms with Crippen LogP contribution in [0.2, 0.25) is 0 Å². The van der Waals surface area contributed by atoms with Crippen molar-refractivity contribution in [3.63, 3.8) is 0 Å². The van der Waals surface area contributed by atoms with E-state index in [0.717, 1.165) is 35.0 Å². The molecule has 0 atom stereocenters. The molecule has 2 heterocycles. The molecule has 2 aromatic carbocycles. The van der Waals surface area contributed by atoms with Crippen molar-refractivity contribution in [1.29, 1.82) is 0 Å². The maximum Gasteiger partial charge on any atom is 0.251 e. The zero-order valence-electron chi connectivity index (χ0n) is 18.3. The third-order valence-corrected chi connectivity index (χ3v) is 6.60. The van der Waals surface area contributed by atoms with Crippen LogP contribution in [-0.2, 0) is 7.05 Å². The Hall–Kier alpha value is -3.72. The van der Waals surface area contributed by atoms with Gasteiger partial charge in [0.15, 0.2) is 5.82 Å². The first-order valence-electron chi connectivity index (χ1n) is 11.2. The predicted molar refractivity (Wildman–Crippen MR) is 124 cm³/mol. The number of anilines is 2. The van der Waals surface area contributed by atoms with Crippen LogP contribution in [0.1, 0.15) is 47.5 Å². The van der Waals surface area contributed by atoms with Crippen molar-refractivity contribution in [3.8, 4) is 11.4 Å². The molecule has 1 amide bonds. The Bertz CT molecular complexity index is 1350. The lowest BCUT2D eigenvalue weighted by Gasteiger charge is -2.14. The number of fused-ring (bicyclic) bond motifs is 1. The highest BCUT2D eigenvalue weighted by molar-refractivity contribution is 5.95. The fourth-order valence-electron chi connectivity index (χ4n) is 4.25. The number of benzene rings is 2. The number of aliphatic hydroxyl groups is 1. The minimum atomic E-state index is -0.433. The average Bonchev–Trinajstić information content (AvgIpc) is 3.73. The number of aromatic nitrogens is 5. The topological polar surface area (TPSA) is 121 Å². The van der Waals surface area contributed by atoms with Gasteiger partial charge in [0.2, 0.25) is 5.95 Å². The Morgan fingerprint density at radius 3 is 2.70 bits per heavy atom. The van der Waals surface area contributed by atoms with Gasteiger partial charge in [-0.2, -0.15) is 10.1 Å². The summed E-state index contributed by atoms with van der Waals surface area (Å²) in [6.45, 7) is -0.0273. The zero-order valence-corrected chi connectivity index (χ0v) is 18.3. The molecular formula is C24H25N7O2.